The Hall–Kier alpha value is -3.03. The summed E-state index contributed by atoms with van der Waals surface area (Å²) in [5.41, 5.74) is 2.09. The topological polar surface area (TPSA) is 84.2 Å². The number of amides is 1. The van der Waals surface area contributed by atoms with E-state index in [2.05, 4.69) is 10.3 Å². The number of carbonyl (C=O) groups excluding carboxylic acids is 1. The van der Waals surface area contributed by atoms with E-state index in [1.54, 1.807) is 19.1 Å². The van der Waals surface area contributed by atoms with E-state index in [9.17, 15) is 19.1 Å². The fourth-order valence-electron chi connectivity index (χ4n) is 3.18. The Balaban J connectivity index is 2.05. The van der Waals surface area contributed by atoms with Gasteiger partial charge in [-0.1, -0.05) is 23.7 Å². The van der Waals surface area contributed by atoms with Gasteiger partial charge in [0, 0.05) is 29.8 Å². The number of aromatic nitrogens is 2. The van der Waals surface area contributed by atoms with E-state index in [0.717, 1.165) is 5.56 Å². The zero-order valence-electron chi connectivity index (χ0n) is 16.6. The number of aliphatic hydroxyl groups is 1. The molecular weight excluding hydrogens is 409 g/mol. The van der Waals surface area contributed by atoms with Crippen LogP contribution in [0.4, 0.5) is 10.1 Å². The summed E-state index contributed by atoms with van der Waals surface area (Å²) in [6.07, 6.45) is 0.118. The molecule has 1 heterocycles. The first-order valence-electron chi connectivity index (χ1n) is 9.34. The van der Waals surface area contributed by atoms with Gasteiger partial charge >= 0.3 is 0 Å². The minimum atomic E-state index is -0.461. The summed E-state index contributed by atoms with van der Waals surface area (Å²) in [6.45, 7) is 2.93. The maximum Gasteiger partial charge on any atom is 0.257 e. The third-order valence-electron chi connectivity index (χ3n) is 4.72. The number of halogens is 2. The number of rotatable bonds is 6. The Labute approximate surface area is 178 Å². The number of nitrogens with one attached hydrogen (secondary N) is 1. The molecule has 3 rings (SSSR count). The average Bonchev–Trinajstić information content (AvgIpc) is 2.71. The van der Waals surface area contributed by atoms with Crippen LogP contribution in [0.5, 0.6) is 0 Å². The Morgan fingerprint density at radius 3 is 2.53 bits per heavy atom. The molecule has 0 aliphatic heterocycles. The van der Waals surface area contributed by atoms with Crippen molar-refractivity contribution in [2.45, 2.75) is 26.8 Å². The lowest BCUT2D eigenvalue weighted by Gasteiger charge is -2.16. The van der Waals surface area contributed by atoms with Gasteiger partial charge in [0.15, 0.2) is 0 Å². The van der Waals surface area contributed by atoms with E-state index < -0.39 is 17.3 Å². The molecule has 0 aliphatic carbocycles. The maximum atomic E-state index is 13.4. The highest BCUT2D eigenvalue weighted by Gasteiger charge is 2.18. The van der Waals surface area contributed by atoms with Crippen LogP contribution in [0.2, 0.25) is 5.02 Å². The highest BCUT2D eigenvalue weighted by Crippen LogP contribution is 2.25. The zero-order chi connectivity index (χ0) is 21.8. The first-order valence-corrected chi connectivity index (χ1v) is 9.71. The molecule has 2 aromatic carbocycles. The van der Waals surface area contributed by atoms with Gasteiger partial charge in [-0.3, -0.25) is 14.2 Å². The van der Waals surface area contributed by atoms with Crippen molar-refractivity contribution in [3.05, 3.63) is 80.5 Å². The van der Waals surface area contributed by atoms with Gasteiger partial charge in [0.05, 0.1) is 10.7 Å². The van der Waals surface area contributed by atoms with Crippen LogP contribution in [0.25, 0.3) is 11.4 Å². The van der Waals surface area contributed by atoms with Crippen molar-refractivity contribution in [3.8, 4) is 11.4 Å². The Morgan fingerprint density at radius 1 is 1.20 bits per heavy atom. The SMILES string of the molecule is Cc1cccc(Cl)c1NC(=O)Cn1c(-c2ccc(F)cc2)nc(C)c(CCO)c1=O. The molecule has 0 fully saturated rings. The van der Waals surface area contributed by atoms with Crippen molar-refractivity contribution in [1.29, 1.82) is 0 Å². The fraction of sp³-hybridized carbons (Fsp3) is 0.227. The average molecular weight is 430 g/mol. The van der Waals surface area contributed by atoms with E-state index in [4.69, 9.17) is 11.6 Å². The molecule has 1 amide bonds. The van der Waals surface area contributed by atoms with Crippen LogP contribution < -0.4 is 10.9 Å². The van der Waals surface area contributed by atoms with Crippen LogP contribution >= 0.6 is 11.6 Å². The summed E-state index contributed by atoms with van der Waals surface area (Å²) in [5.74, 6) is -0.643. The van der Waals surface area contributed by atoms with Gasteiger partial charge in [-0.15, -0.1) is 0 Å². The zero-order valence-corrected chi connectivity index (χ0v) is 17.3. The number of anilines is 1. The summed E-state index contributed by atoms with van der Waals surface area (Å²) in [5, 5.41) is 12.4. The van der Waals surface area contributed by atoms with Crippen molar-refractivity contribution in [2.75, 3.05) is 11.9 Å². The lowest BCUT2D eigenvalue weighted by molar-refractivity contribution is -0.116. The van der Waals surface area contributed by atoms with Crippen LogP contribution in [0, 0.1) is 19.7 Å². The molecule has 0 saturated carbocycles. The number of para-hydroxylation sites is 1. The van der Waals surface area contributed by atoms with E-state index >= 15 is 0 Å². The number of carbonyl (C=O) groups is 1. The number of hydrogen-bond donors (Lipinski definition) is 2. The third-order valence-corrected chi connectivity index (χ3v) is 5.04. The molecule has 6 nitrogen and oxygen atoms in total. The van der Waals surface area contributed by atoms with Crippen LogP contribution in [0.3, 0.4) is 0 Å². The fourth-order valence-corrected chi connectivity index (χ4v) is 3.45. The van der Waals surface area contributed by atoms with Crippen LogP contribution in [-0.4, -0.2) is 27.2 Å². The van der Waals surface area contributed by atoms with Crippen LogP contribution in [-0.2, 0) is 17.8 Å². The summed E-state index contributed by atoms with van der Waals surface area (Å²) < 4.78 is 14.6. The van der Waals surface area contributed by atoms with Crippen LogP contribution in [0.1, 0.15) is 16.8 Å². The monoisotopic (exact) mass is 429 g/mol. The summed E-state index contributed by atoms with van der Waals surface area (Å²) in [4.78, 5) is 30.3. The number of hydrogen-bond acceptors (Lipinski definition) is 4. The first-order chi connectivity index (χ1) is 14.3. The van der Waals surface area contributed by atoms with Crippen molar-refractivity contribution < 1.29 is 14.3 Å². The van der Waals surface area contributed by atoms with Gasteiger partial charge in [-0.2, -0.15) is 0 Å². The first kappa shape index (κ1) is 21.7. The smallest absolute Gasteiger partial charge is 0.257 e. The highest BCUT2D eigenvalue weighted by molar-refractivity contribution is 6.33. The molecule has 0 unspecified atom stereocenters. The normalized spacial score (nSPS) is 10.8. The quantitative estimate of drug-likeness (QED) is 0.628. The predicted molar refractivity (Wildman–Crippen MR) is 114 cm³/mol. The highest BCUT2D eigenvalue weighted by atomic mass is 35.5. The van der Waals surface area contributed by atoms with E-state index in [1.807, 2.05) is 13.0 Å². The molecule has 0 radical (unpaired) electrons. The minimum absolute atomic E-state index is 0.118. The predicted octanol–water partition coefficient (Wildman–Crippen LogP) is 3.49. The molecule has 0 atom stereocenters. The third kappa shape index (κ3) is 4.58. The van der Waals surface area contributed by atoms with E-state index in [-0.39, 0.29) is 25.4 Å². The van der Waals surface area contributed by atoms with Gasteiger partial charge in [0.2, 0.25) is 5.91 Å². The maximum absolute atomic E-state index is 13.4. The molecule has 0 bridgehead atoms. The van der Waals surface area contributed by atoms with E-state index in [1.165, 1.54) is 28.8 Å². The largest absolute Gasteiger partial charge is 0.396 e. The molecule has 30 heavy (non-hydrogen) atoms. The standard InChI is InChI=1S/C22H21ClFN3O3/c1-13-4-3-5-18(23)20(13)26-19(29)12-27-21(15-6-8-16(24)9-7-15)25-14(2)17(10-11-28)22(27)30/h3-9,28H,10-12H2,1-2H3,(H,26,29). The molecule has 2 N–H and O–H groups in total. The van der Waals surface area contributed by atoms with Gasteiger partial charge in [0.25, 0.3) is 5.56 Å². The van der Waals surface area contributed by atoms with Gasteiger partial charge < -0.3 is 10.4 Å². The molecule has 1 aromatic heterocycles. The van der Waals surface area contributed by atoms with Crippen molar-refractivity contribution in [2.24, 2.45) is 0 Å². The Kier molecular flexibility index (Phi) is 6.64. The van der Waals surface area contributed by atoms with Gasteiger partial charge in [-0.05, 0) is 49.7 Å². The van der Waals surface area contributed by atoms with Gasteiger partial charge in [0.1, 0.15) is 18.2 Å². The molecule has 156 valence electrons. The summed E-state index contributed by atoms with van der Waals surface area (Å²) in [7, 11) is 0. The van der Waals surface area contributed by atoms with Crippen molar-refractivity contribution in [3.63, 3.8) is 0 Å². The molecule has 0 spiro atoms. The number of aliphatic hydroxyl groups excluding tert-OH is 1. The molecule has 3 aromatic rings. The summed E-state index contributed by atoms with van der Waals surface area (Å²) in [6, 6.07) is 10.8. The second-order valence-electron chi connectivity index (χ2n) is 6.85. The van der Waals surface area contributed by atoms with Gasteiger partial charge in [-0.25, -0.2) is 9.37 Å². The summed E-state index contributed by atoms with van der Waals surface area (Å²) >= 11 is 6.18. The number of aryl methyl sites for hydroxylation is 2. The number of benzene rings is 2. The lowest BCUT2D eigenvalue weighted by Crippen LogP contribution is -2.33. The molecule has 0 saturated heterocycles. The second-order valence-corrected chi connectivity index (χ2v) is 7.26. The molecule has 0 aliphatic rings. The van der Waals surface area contributed by atoms with Crippen LogP contribution in [0.15, 0.2) is 47.3 Å². The van der Waals surface area contributed by atoms with E-state index in [0.29, 0.717) is 27.5 Å². The Bertz CT molecular complexity index is 1120. The van der Waals surface area contributed by atoms with Crippen molar-refractivity contribution in [1.82, 2.24) is 9.55 Å². The second kappa shape index (κ2) is 9.19. The lowest BCUT2D eigenvalue weighted by atomic mass is 10.1. The minimum Gasteiger partial charge on any atom is -0.396 e. The van der Waals surface area contributed by atoms with Crippen molar-refractivity contribution >= 4 is 23.2 Å². The Morgan fingerprint density at radius 2 is 1.90 bits per heavy atom. The molecular formula is C22H21ClFN3O3. The molecule has 8 heteroatoms. The number of nitrogens with zero attached hydrogens (tertiary/aromatic N) is 2.